The molecule has 0 aromatic heterocycles. The second-order valence-electron chi connectivity index (χ2n) is 4.53. The van der Waals surface area contributed by atoms with Crippen LogP contribution in [0.3, 0.4) is 0 Å². The van der Waals surface area contributed by atoms with Gasteiger partial charge in [0.15, 0.2) is 0 Å². The van der Waals surface area contributed by atoms with E-state index in [2.05, 4.69) is 0 Å². The van der Waals surface area contributed by atoms with Crippen LogP contribution in [0.1, 0.15) is 31.4 Å². The van der Waals surface area contributed by atoms with E-state index in [1.165, 1.54) is 12.1 Å². The Bertz CT molecular complexity index is 408. The molecule has 2 atom stereocenters. The minimum absolute atomic E-state index is 0. The van der Waals surface area contributed by atoms with Gasteiger partial charge in [-0.25, -0.2) is 4.39 Å². The van der Waals surface area contributed by atoms with Crippen molar-refractivity contribution in [1.29, 1.82) is 0 Å². The first-order valence-electron chi connectivity index (χ1n) is 5.91. The molecule has 1 saturated heterocycles. The molecule has 1 unspecified atom stereocenters. The maximum Gasteiger partial charge on any atom is 0.239 e. The van der Waals surface area contributed by atoms with Crippen molar-refractivity contribution < 1.29 is 9.18 Å². The molecule has 0 bridgehead atoms. The highest BCUT2D eigenvalue weighted by molar-refractivity contribution is 5.85. The monoisotopic (exact) mass is 272 g/mol. The molecule has 0 radical (unpaired) electrons. The molecule has 2 N–H and O–H groups in total. The fraction of sp³-hybridized carbons (Fsp3) is 0.462. The smallest absolute Gasteiger partial charge is 0.239 e. The highest BCUT2D eigenvalue weighted by Gasteiger charge is 2.31. The van der Waals surface area contributed by atoms with Gasteiger partial charge in [-0.05, 0) is 37.5 Å². The topological polar surface area (TPSA) is 46.3 Å². The van der Waals surface area contributed by atoms with Crippen LogP contribution in [-0.4, -0.2) is 23.4 Å². The van der Waals surface area contributed by atoms with Crippen molar-refractivity contribution in [1.82, 2.24) is 4.90 Å². The van der Waals surface area contributed by atoms with Crippen molar-refractivity contribution in [3.8, 4) is 0 Å². The van der Waals surface area contributed by atoms with Gasteiger partial charge in [-0.3, -0.25) is 4.79 Å². The molecule has 1 fully saturated rings. The van der Waals surface area contributed by atoms with Gasteiger partial charge in [0.25, 0.3) is 0 Å². The third-order valence-electron chi connectivity index (χ3n) is 3.18. The Morgan fingerprint density at radius 1 is 1.44 bits per heavy atom. The zero-order valence-corrected chi connectivity index (χ0v) is 11.1. The van der Waals surface area contributed by atoms with Crippen LogP contribution in [0.25, 0.3) is 0 Å². The summed E-state index contributed by atoms with van der Waals surface area (Å²) in [6.07, 6.45) is 1.89. The number of benzene rings is 1. The Kier molecular flexibility index (Phi) is 5.11. The molecule has 1 aromatic carbocycles. The van der Waals surface area contributed by atoms with E-state index in [4.69, 9.17) is 5.73 Å². The predicted octanol–water partition coefficient (Wildman–Crippen LogP) is 2.26. The van der Waals surface area contributed by atoms with Crippen LogP contribution in [0.15, 0.2) is 24.3 Å². The van der Waals surface area contributed by atoms with Crippen molar-refractivity contribution >= 4 is 18.3 Å². The van der Waals surface area contributed by atoms with Gasteiger partial charge in [0.2, 0.25) is 5.91 Å². The number of nitrogens with two attached hydrogens (primary N) is 1. The lowest BCUT2D eigenvalue weighted by Crippen LogP contribution is -2.41. The van der Waals surface area contributed by atoms with Crippen molar-refractivity contribution in [3.05, 3.63) is 35.6 Å². The van der Waals surface area contributed by atoms with E-state index in [0.717, 1.165) is 24.9 Å². The fourth-order valence-corrected chi connectivity index (χ4v) is 2.32. The number of likely N-dealkylation sites (tertiary alicyclic amines) is 1. The summed E-state index contributed by atoms with van der Waals surface area (Å²) in [6.45, 7) is 2.44. The Morgan fingerprint density at radius 2 is 2.06 bits per heavy atom. The molecule has 1 aromatic rings. The number of carbonyl (C=O) groups excluding carboxylic acids is 1. The van der Waals surface area contributed by atoms with Crippen LogP contribution < -0.4 is 5.73 Å². The van der Waals surface area contributed by atoms with E-state index in [1.54, 1.807) is 24.0 Å². The number of rotatable bonds is 2. The number of halogens is 2. The molecule has 2 rings (SSSR count). The molecule has 1 amide bonds. The first-order chi connectivity index (χ1) is 8.09. The standard InChI is InChI=1S/C13H17FN2O.ClH/c1-9(15)13(17)16-8-2-3-12(16)10-4-6-11(14)7-5-10;/h4-7,9,12H,2-3,8,15H2,1H3;1H/t9-,12?;/m1./s1. The Morgan fingerprint density at radius 3 is 2.61 bits per heavy atom. The minimum Gasteiger partial charge on any atom is -0.334 e. The largest absolute Gasteiger partial charge is 0.334 e. The molecular weight excluding hydrogens is 255 g/mol. The first kappa shape index (κ1) is 14.9. The van der Waals surface area contributed by atoms with Gasteiger partial charge >= 0.3 is 0 Å². The summed E-state index contributed by atoms with van der Waals surface area (Å²) in [5, 5.41) is 0. The molecule has 0 saturated carbocycles. The normalized spacial score (nSPS) is 20.4. The van der Waals surface area contributed by atoms with E-state index < -0.39 is 6.04 Å². The maximum atomic E-state index is 12.9. The lowest BCUT2D eigenvalue weighted by Gasteiger charge is -2.26. The van der Waals surface area contributed by atoms with Crippen LogP contribution in [0, 0.1) is 5.82 Å². The summed E-state index contributed by atoms with van der Waals surface area (Å²) in [7, 11) is 0. The van der Waals surface area contributed by atoms with E-state index in [-0.39, 0.29) is 30.2 Å². The van der Waals surface area contributed by atoms with Gasteiger partial charge in [0, 0.05) is 6.54 Å². The Labute approximate surface area is 113 Å². The molecule has 5 heteroatoms. The highest BCUT2D eigenvalue weighted by atomic mass is 35.5. The van der Waals surface area contributed by atoms with Gasteiger partial charge < -0.3 is 10.6 Å². The summed E-state index contributed by atoms with van der Waals surface area (Å²) in [4.78, 5) is 13.7. The molecular formula is C13H18ClFN2O. The minimum atomic E-state index is -0.476. The quantitative estimate of drug-likeness (QED) is 0.898. The average molecular weight is 273 g/mol. The predicted molar refractivity (Wildman–Crippen MR) is 71.0 cm³/mol. The average Bonchev–Trinajstić information content (AvgIpc) is 2.77. The lowest BCUT2D eigenvalue weighted by atomic mass is 10.0. The van der Waals surface area contributed by atoms with Crippen LogP contribution in [0.4, 0.5) is 4.39 Å². The van der Waals surface area contributed by atoms with Crippen molar-refractivity contribution in [3.63, 3.8) is 0 Å². The summed E-state index contributed by atoms with van der Waals surface area (Å²) in [5.41, 5.74) is 6.61. The van der Waals surface area contributed by atoms with Crippen LogP contribution in [0.2, 0.25) is 0 Å². The lowest BCUT2D eigenvalue weighted by molar-refractivity contribution is -0.133. The van der Waals surface area contributed by atoms with Crippen molar-refractivity contribution in [2.24, 2.45) is 5.73 Å². The van der Waals surface area contributed by atoms with Crippen molar-refractivity contribution in [2.75, 3.05) is 6.54 Å². The molecule has 1 aliphatic heterocycles. The molecule has 0 spiro atoms. The Hall–Kier alpha value is -1.13. The van der Waals surface area contributed by atoms with E-state index in [9.17, 15) is 9.18 Å². The Balaban J connectivity index is 0.00000162. The van der Waals surface area contributed by atoms with Crippen LogP contribution >= 0.6 is 12.4 Å². The molecule has 1 heterocycles. The summed E-state index contributed by atoms with van der Waals surface area (Å²) in [5.74, 6) is -0.284. The zero-order chi connectivity index (χ0) is 12.4. The fourth-order valence-electron chi connectivity index (χ4n) is 2.32. The number of amides is 1. The van der Waals surface area contributed by atoms with Crippen molar-refractivity contribution in [2.45, 2.75) is 31.8 Å². The number of hydrogen-bond acceptors (Lipinski definition) is 2. The summed E-state index contributed by atoms with van der Waals surface area (Å²) < 4.78 is 12.9. The molecule has 0 aliphatic carbocycles. The van der Waals surface area contributed by atoms with Gasteiger partial charge in [-0.2, -0.15) is 0 Å². The molecule has 3 nitrogen and oxygen atoms in total. The number of nitrogens with zero attached hydrogens (tertiary/aromatic N) is 1. The molecule has 100 valence electrons. The SMILES string of the molecule is C[C@@H](N)C(=O)N1CCCC1c1ccc(F)cc1.Cl. The maximum absolute atomic E-state index is 12.9. The van der Waals surface area contributed by atoms with E-state index in [1.807, 2.05) is 0 Å². The van der Waals surface area contributed by atoms with Gasteiger partial charge in [0.1, 0.15) is 5.82 Å². The number of hydrogen-bond donors (Lipinski definition) is 1. The van der Waals surface area contributed by atoms with Gasteiger partial charge in [-0.15, -0.1) is 12.4 Å². The second-order valence-corrected chi connectivity index (χ2v) is 4.53. The number of carbonyl (C=O) groups is 1. The van der Waals surface area contributed by atoms with Gasteiger partial charge in [-0.1, -0.05) is 12.1 Å². The molecule has 1 aliphatic rings. The van der Waals surface area contributed by atoms with E-state index in [0.29, 0.717) is 0 Å². The molecule has 18 heavy (non-hydrogen) atoms. The third kappa shape index (κ3) is 3.00. The second kappa shape index (κ2) is 6.16. The summed E-state index contributed by atoms with van der Waals surface area (Å²) in [6, 6.07) is 5.93. The van der Waals surface area contributed by atoms with Gasteiger partial charge in [0.05, 0.1) is 12.1 Å². The van der Waals surface area contributed by atoms with Crippen LogP contribution in [0.5, 0.6) is 0 Å². The zero-order valence-electron chi connectivity index (χ0n) is 10.3. The van der Waals surface area contributed by atoms with Crippen LogP contribution in [-0.2, 0) is 4.79 Å². The van der Waals surface area contributed by atoms with E-state index >= 15 is 0 Å². The first-order valence-corrected chi connectivity index (χ1v) is 5.91. The highest BCUT2D eigenvalue weighted by Crippen LogP contribution is 2.32. The third-order valence-corrected chi connectivity index (χ3v) is 3.18. The summed E-state index contributed by atoms with van der Waals surface area (Å²) >= 11 is 0.